The summed E-state index contributed by atoms with van der Waals surface area (Å²) in [6.45, 7) is 0.329. The summed E-state index contributed by atoms with van der Waals surface area (Å²) in [7, 11) is 0. The molecule has 1 rings (SSSR count). The fraction of sp³-hybridized carbons (Fsp3) is 0.222. The van der Waals surface area contributed by atoms with Crippen LogP contribution in [-0.4, -0.2) is 35.2 Å². The lowest BCUT2D eigenvalue weighted by molar-refractivity contribution is 0.0953. The first-order chi connectivity index (χ1) is 7.61. The van der Waals surface area contributed by atoms with E-state index in [2.05, 4.69) is 15.6 Å². The van der Waals surface area contributed by atoms with Gasteiger partial charge >= 0.3 is 6.09 Å². The van der Waals surface area contributed by atoms with Gasteiger partial charge in [0.1, 0.15) is 5.15 Å². The van der Waals surface area contributed by atoms with Crippen LogP contribution in [-0.2, 0) is 0 Å². The Hall–Kier alpha value is -1.82. The maximum atomic E-state index is 11.5. The van der Waals surface area contributed by atoms with Crippen molar-refractivity contribution in [2.24, 2.45) is 0 Å². The molecule has 1 aromatic rings. The van der Waals surface area contributed by atoms with Crippen molar-refractivity contribution in [3.63, 3.8) is 0 Å². The molecule has 6 nitrogen and oxygen atoms in total. The first kappa shape index (κ1) is 12.3. The van der Waals surface area contributed by atoms with Gasteiger partial charge in [-0.2, -0.15) is 0 Å². The molecule has 3 N–H and O–H groups in total. The van der Waals surface area contributed by atoms with Crippen molar-refractivity contribution in [3.8, 4) is 0 Å². The minimum absolute atomic E-state index is 0.117. The normalized spacial score (nSPS) is 9.56. The summed E-state index contributed by atoms with van der Waals surface area (Å²) in [5, 5.41) is 13.0. The number of carbonyl (C=O) groups excluding carboxylic acids is 1. The largest absolute Gasteiger partial charge is 0.465 e. The van der Waals surface area contributed by atoms with E-state index in [4.69, 9.17) is 16.7 Å². The molecule has 1 heterocycles. The van der Waals surface area contributed by atoms with Gasteiger partial charge in [0, 0.05) is 19.3 Å². The number of carbonyl (C=O) groups is 2. The van der Waals surface area contributed by atoms with Crippen LogP contribution in [0.4, 0.5) is 4.79 Å². The van der Waals surface area contributed by atoms with Gasteiger partial charge in [-0.3, -0.25) is 4.79 Å². The molecule has 0 spiro atoms. The van der Waals surface area contributed by atoms with E-state index in [1.54, 1.807) is 6.07 Å². The van der Waals surface area contributed by atoms with Crippen LogP contribution in [0.25, 0.3) is 0 Å². The van der Waals surface area contributed by atoms with Gasteiger partial charge < -0.3 is 15.7 Å². The van der Waals surface area contributed by atoms with Crippen molar-refractivity contribution in [2.45, 2.75) is 0 Å². The molecule has 0 bridgehead atoms. The van der Waals surface area contributed by atoms with Crippen molar-refractivity contribution >= 4 is 23.6 Å². The van der Waals surface area contributed by atoms with Gasteiger partial charge in [0.25, 0.3) is 5.91 Å². The Morgan fingerprint density at radius 1 is 1.38 bits per heavy atom. The van der Waals surface area contributed by atoms with Gasteiger partial charge in [0.15, 0.2) is 0 Å². The third-order valence-corrected chi connectivity index (χ3v) is 1.99. The Morgan fingerprint density at radius 2 is 2.06 bits per heavy atom. The Morgan fingerprint density at radius 3 is 2.69 bits per heavy atom. The van der Waals surface area contributed by atoms with Gasteiger partial charge in [0.2, 0.25) is 0 Å². The third kappa shape index (κ3) is 3.74. The van der Waals surface area contributed by atoms with Crippen LogP contribution in [0.1, 0.15) is 10.4 Å². The maximum Gasteiger partial charge on any atom is 0.404 e. The lowest BCUT2D eigenvalue weighted by Gasteiger charge is -2.05. The highest BCUT2D eigenvalue weighted by Crippen LogP contribution is 2.10. The second kappa shape index (κ2) is 5.92. The molecule has 0 unspecified atom stereocenters. The lowest BCUT2D eigenvalue weighted by atomic mass is 10.2. The molecule has 0 radical (unpaired) electrons. The summed E-state index contributed by atoms with van der Waals surface area (Å²) in [6.07, 6.45) is 0.346. The number of hydrogen-bond acceptors (Lipinski definition) is 3. The van der Waals surface area contributed by atoms with E-state index >= 15 is 0 Å². The molecule has 0 aliphatic carbocycles. The zero-order valence-electron chi connectivity index (χ0n) is 8.24. The van der Waals surface area contributed by atoms with E-state index in [0.717, 1.165) is 0 Å². The van der Waals surface area contributed by atoms with E-state index in [1.807, 2.05) is 0 Å². The fourth-order valence-corrected chi connectivity index (χ4v) is 1.20. The maximum absolute atomic E-state index is 11.5. The first-order valence-corrected chi connectivity index (χ1v) is 4.84. The number of halogens is 1. The average molecular weight is 244 g/mol. The van der Waals surface area contributed by atoms with Crippen LogP contribution >= 0.6 is 11.6 Å². The summed E-state index contributed by atoms with van der Waals surface area (Å²) in [5.74, 6) is -0.384. The minimum Gasteiger partial charge on any atom is -0.465 e. The molecule has 0 fully saturated rings. The number of nitrogens with zero attached hydrogens (tertiary/aromatic N) is 1. The van der Waals surface area contributed by atoms with Gasteiger partial charge in [-0.1, -0.05) is 11.6 Å². The quantitative estimate of drug-likeness (QED) is 0.537. The highest BCUT2D eigenvalue weighted by molar-refractivity contribution is 6.32. The molecular weight excluding hydrogens is 234 g/mol. The Labute approximate surface area is 96.6 Å². The van der Waals surface area contributed by atoms with Crippen LogP contribution in [0.15, 0.2) is 18.3 Å². The van der Waals surface area contributed by atoms with E-state index in [1.165, 1.54) is 12.3 Å². The van der Waals surface area contributed by atoms with Crippen molar-refractivity contribution in [1.82, 2.24) is 15.6 Å². The molecule has 0 aliphatic rings. The number of hydrogen-bond donors (Lipinski definition) is 3. The zero-order chi connectivity index (χ0) is 12.0. The summed E-state index contributed by atoms with van der Waals surface area (Å²) in [5.41, 5.74) is 0.263. The van der Waals surface area contributed by atoms with Gasteiger partial charge in [-0.25, -0.2) is 9.78 Å². The molecular formula is C9H10ClN3O3. The molecule has 2 amide bonds. The molecule has 0 saturated heterocycles. The monoisotopic (exact) mass is 243 g/mol. The van der Waals surface area contributed by atoms with E-state index < -0.39 is 6.09 Å². The molecule has 0 saturated carbocycles. The van der Waals surface area contributed by atoms with Gasteiger partial charge in [-0.05, 0) is 12.1 Å². The summed E-state index contributed by atoms with van der Waals surface area (Å²) in [4.78, 5) is 25.4. The summed E-state index contributed by atoms with van der Waals surface area (Å²) < 4.78 is 0. The predicted octanol–water partition coefficient (Wildman–Crippen LogP) is 0.732. The topological polar surface area (TPSA) is 91.3 Å². The van der Waals surface area contributed by atoms with Crippen LogP contribution < -0.4 is 10.6 Å². The minimum atomic E-state index is -1.13. The van der Waals surface area contributed by atoms with Crippen molar-refractivity contribution in [1.29, 1.82) is 0 Å². The number of amides is 2. The Bertz CT molecular complexity index is 397. The number of nitrogens with one attached hydrogen (secondary N) is 2. The predicted molar refractivity (Wildman–Crippen MR) is 57.6 cm³/mol. The zero-order valence-corrected chi connectivity index (χ0v) is 8.99. The number of carboxylic acid groups (broad SMARTS) is 1. The SMILES string of the molecule is O=C(O)NCCNC(=O)c1cccnc1Cl. The smallest absolute Gasteiger partial charge is 0.404 e. The van der Waals surface area contributed by atoms with E-state index in [0.29, 0.717) is 0 Å². The Balaban J connectivity index is 2.41. The summed E-state index contributed by atoms with van der Waals surface area (Å²) in [6, 6.07) is 3.13. The van der Waals surface area contributed by atoms with Crippen molar-refractivity contribution in [3.05, 3.63) is 29.0 Å². The van der Waals surface area contributed by atoms with Crippen molar-refractivity contribution in [2.75, 3.05) is 13.1 Å². The first-order valence-electron chi connectivity index (χ1n) is 4.47. The van der Waals surface area contributed by atoms with Crippen LogP contribution in [0, 0.1) is 0 Å². The second-order valence-electron chi connectivity index (χ2n) is 2.83. The molecule has 16 heavy (non-hydrogen) atoms. The molecule has 0 aliphatic heterocycles. The van der Waals surface area contributed by atoms with Crippen LogP contribution in [0.2, 0.25) is 5.15 Å². The lowest BCUT2D eigenvalue weighted by Crippen LogP contribution is -2.34. The summed E-state index contributed by atoms with van der Waals surface area (Å²) >= 11 is 5.70. The highest BCUT2D eigenvalue weighted by atomic mass is 35.5. The average Bonchev–Trinajstić information content (AvgIpc) is 2.24. The molecule has 0 atom stereocenters. The number of rotatable bonds is 4. The fourth-order valence-electron chi connectivity index (χ4n) is 0.996. The number of pyridine rings is 1. The number of aromatic nitrogens is 1. The molecule has 7 heteroatoms. The van der Waals surface area contributed by atoms with E-state index in [-0.39, 0.29) is 29.7 Å². The van der Waals surface area contributed by atoms with Gasteiger partial charge in [0.05, 0.1) is 5.56 Å². The second-order valence-corrected chi connectivity index (χ2v) is 3.19. The molecule has 1 aromatic heterocycles. The third-order valence-electron chi connectivity index (χ3n) is 1.69. The van der Waals surface area contributed by atoms with E-state index in [9.17, 15) is 9.59 Å². The van der Waals surface area contributed by atoms with Crippen LogP contribution in [0.3, 0.4) is 0 Å². The van der Waals surface area contributed by atoms with Gasteiger partial charge in [-0.15, -0.1) is 0 Å². The van der Waals surface area contributed by atoms with Crippen LogP contribution in [0.5, 0.6) is 0 Å². The highest BCUT2D eigenvalue weighted by Gasteiger charge is 2.09. The van der Waals surface area contributed by atoms with Crippen molar-refractivity contribution < 1.29 is 14.7 Å². The standard InChI is InChI=1S/C9H10ClN3O3/c10-7-6(2-1-3-11-7)8(14)12-4-5-13-9(15)16/h1-3,13H,4-5H2,(H,12,14)(H,15,16). The molecule has 86 valence electrons. The Kier molecular flexibility index (Phi) is 4.53. The molecule has 0 aromatic carbocycles.